The highest BCUT2D eigenvalue weighted by Crippen LogP contribution is 2.22. The van der Waals surface area contributed by atoms with Crippen molar-refractivity contribution in [3.63, 3.8) is 0 Å². The lowest BCUT2D eigenvalue weighted by Crippen LogP contribution is -1.82. The Hall–Kier alpha value is -1.56. The molecule has 0 N–H and O–H groups in total. The van der Waals surface area contributed by atoms with Crippen LogP contribution in [0.1, 0.15) is 5.56 Å². The number of ether oxygens (including phenoxy) is 1. The van der Waals surface area contributed by atoms with Gasteiger partial charge in [0.25, 0.3) is 0 Å². The predicted molar refractivity (Wildman–Crippen MR) is 87.3 cm³/mol. The van der Waals surface area contributed by atoms with Gasteiger partial charge < -0.3 is 9.14 Å². The second-order valence-corrected chi connectivity index (χ2v) is 4.32. The van der Waals surface area contributed by atoms with E-state index in [-0.39, 0.29) is 24.0 Å². The van der Waals surface area contributed by atoms with Crippen LogP contribution in [0.4, 0.5) is 0 Å². The third-order valence-electron chi connectivity index (χ3n) is 3.00. The molecule has 0 amide bonds. The van der Waals surface area contributed by atoms with Crippen LogP contribution in [0.5, 0.6) is 5.75 Å². The molecule has 19 heavy (non-hydrogen) atoms. The molecule has 98 valence electrons. The first-order valence-corrected chi connectivity index (χ1v) is 5.86. The van der Waals surface area contributed by atoms with Crippen molar-refractivity contribution >= 4 is 29.6 Å². The van der Waals surface area contributed by atoms with E-state index in [1.165, 1.54) is 5.56 Å². The molecule has 3 aromatic rings. The lowest BCUT2D eigenvalue weighted by atomic mass is 10.2. The summed E-state index contributed by atoms with van der Waals surface area (Å²) < 4.78 is 7.19. The smallest absolute Gasteiger partial charge is 0.137 e. The number of rotatable bonds is 2. The fourth-order valence-electron chi connectivity index (χ4n) is 1.98. The van der Waals surface area contributed by atoms with E-state index >= 15 is 0 Å². The molecule has 0 aliphatic rings. The first kappa shape index (κ1) is 13.9. The normalized spacial score (nSPS) is 10.2. The van der Waals surface area contributed by atoms with Crippen molar-refractivity contribution in [1.82, 2.24) is 9.38 Å². The van der Waals surface area contributed by atoms with Crippen molar-refractivity contribution in [2.45, 2.75) is 6.92 Å². The van der Waals surface area contributed by atoms with Crippen LogP contribution in [0, 0.1) is 6.92 Å². The number of hydrogen-bond acceptors (Lipinski definition) is 2. The van der Waals surface area contributed by atoms with E-state index in [2.05, 4.69) is 24.0 Å². The summed E-state index contributed by atoms with van der Waals surface area (Å²) in [6.07, 6.45) is 4.07. The van der Waals surface area contributed by atoms with E-state index in [0.29, 0.717) is 0 Å². The highest BCUT2D eigenvalue weighted by atomic mass is 127. The van der Waals surface area contributed by atoms with E-state index < -0.39 is 0 Å². The first-order valence-electron chi connectivity index (χ1n) is 5.86. The number of hydrogen-bond donors (Lipinski definition) is 0. The molecule has 3 rings (SSSR count). The third-order valence-corrected chi connectivity index (χ3v) is 3.00. The van der Waals surface area contributed by atoms with Gasteiger partial charge in [0, 0.05) is 18.0 Å². The fourth-order valence-corrected chi connectivity index (χ4v) is 1.98. The zero-order valence-corrected chi connectivity index (χ0v) is 13.2. The Labute approximate surface area is 129 Å². The number of halogens is 1. The molecule has 3 nitrogen and oxygen atoms in total. The number of aryl methyl sites for hydroxylation is 1. The SMILES string of the molecule is COc1ccc(-c2cn3ccc(C)cc3n2)cc1.I. The Morgan fingerprint density at radius 3 is 2.53 bits per heavy atom. The maximum Gasteiger partial charge on any atom is 0.137 e. The van der Waals surface area contributed by atoms with Crippen molar-refractivity contribution in [2.24, 2.45) is 0 Å². The van der Waals surface area contributed by atoms with E-state index in [4.69, 9.17) is 4.74 Å². The van der Waals surface area contributed by atoms with Gasteiger partial charge in [-0.2, -0.15) is 0 Å². The van der Waals surface area contributed by atoms with Gasteiger partial charge in [0.15, 0.2) is 0 Å². The number of benzene rings is 1. The van der Waals surface area contributed by atoms with Crippen LogP contribution >= 0.6 is 24.0 Å². The Balaban J connectivity index is 0.00000133. The molecule has 2 aromatic heterocycles. The third kappa shape index (κ3) is 2.73. The Morgan fingerprint density at radius 1 is 1.11 bits per heavy atom. The van der Waals surface area contributed by atoms with Crippen LogP contribution in [0.2, 0.25) is 0 Å². The molecular formula is C15H15IN2O. The van der Waals surface area contributed by atoms with E-state index in [0.717, 1.165) is 22.7 Å². The van der Waals surface area contributed by atoms with Crippen molar-refractivity contribution in [1.29, 1.82) is 0 Å². The number of aromatic nitrogens is 2. The fraction of sp³-hybridized carbons (Fsp3) is 0.133. The molecule has 4 heteroatoms. The lowest BCUT2D eigenvalue weighted by molar-refractivity contribution is 0.415. The second-order valence-electron chi connectivity index (χ2n) is 4.32. The summed E-state index contributed by atoms with van der Waals surface area (Å²) in [5, 5.41) is 0. The van der Waals surface area contributed by atoms with Gasteiger partial charge in [0.2, 0.25) is 0 Å². The molecule has 1 aromatic carbocycles. The van der Waals surface area contributed by atoms with Gasteiger partial charge in [-0.15, -0.1) is 24.0 Å². The largest absolute Gasteiger partial charge is 0.497 e. The van der Waals surface area contributed by atoms with Gasteiger partial charge in [-0.1, -0.05) is 0 Å². The molecule has 0 aliphatic carbocycles. The maximum atomic E-state index is 5.15. The van der Waals surface area contributed by atoms with Gasteiger partial charge in [-0.3, -0.25) is 0 Å². The van der Waals surface area contributed by atoms with E-state index in [1.54, 1.807) is 7.11 Å². The molecule has 0 fully saturated rings. The van der Waals surface area contributed by atoms with Crippen molar-refractivity contribution < 1.29 is 4.74 Å². The van der Waals surface area contributed by atoms with Crippen LogP contribution in [0.25, 0.3) is 16.9 Å². The number of fused-ring (bicyclic) bond motifs is 1. The number of imidazole rings is 1. The molecule has 0 bridgehead atoms. The van der Waals surface area contributed by atoms with Gasteiger partial charge in [-0.25, -0.2) is 4.98 Å². The molecule has 0 atom stereocenters. The van der Waals surface area contributed by atoms with Gasteiger partial charge >= 0.3 is 0 Å². The quantitative estimate of drug-likeness (QED) is 0.643. The highest BCUT2D eigenvalue weighted by Gasteiger charge is 2.04. The Kier molecular flexibility index (Phi) is 4.09. The van der Waals surface area contributed by atoms with E-state index in [9.17, 15) is 0 Å². The van der Waals surface area contributed by atoms with Crippen LogP contribution in [0.3, 0.4) is 0 Å². The zero-order chi connectivity index (χ0) is 12.5. The predicted octanol–water partition coefficient (Wildman–Crippen LogP) is 3.94. The summed E-state index contributed by atoms with van der Waals surface area (Å²) in [5.74, 6) is 0.860. The van der Waals surface area contributed by atoms with Crippen LogP contribution < -0.4 is 4.74 Å². The molecule has 0 saturated heterocycles. The highest BCUT2D eigenvalue weighted by molar-refractivity contribution is 14.0. The summed E-state index contributed by atoms with van der Waals surface area (Å²) in [4.78, 5) is 4.62. The standard InChI is InChI=1S/C15H14N2O.HI/c1-11-7-8-17-10-14(16-15(17)9-11)12-3-5-13(18-2)6-4-12;/h3-10H,1-2H3;1H. The van der Waals surface area contributed by atoms with Gasteiger partial charge in [0.05, 0.1) is 12.8 Å². The van der Waals surface area contributed by atoms with Crippen molar-refractivity contribution in [3.05, 3.63) is 54.4 Å². The summed E-state index contributed by atoms with van der Waals surface area (Å²) in [7, 11) is 1.67. The molecule has 0 aliphatic heterocycles. The van der Waals surface area contributed by atoms with Crippen LogP contribution in [0.15, 0.2) is 48.8 Å². The number of nitrogens with zero attached hydrogens (tertiary/aromatic N) is 2. The second kappa shape index (κ2) is 5.61. The Bertz CT molecular complexity index is 689. The van der Waals surface area contributed by atoms with Gasteiger partial charge in [0.1, 0.15) is 11.4 Å². The monoisotopic (exact) mass is 366 g/mol. The zero-order valence-electron chi connectivity index (χ0n) is 10.8. The molecule has 2 heterocycles. The molecular weight excluding hydrogens is 351 g/mol. The maximum absolute atomic E-state index is 5.15. The van der Waals surface area contributed by atoms with Gasteiger partial charge in [-0.05, 0) is 48.9 Å². The van der Waals surface area contributed by atoms with E-state index in [1.807, 2.05) is 41.1 Å². The Morgan fingerprint density at radius 2 is 1.84 bits per heavy atom. The summed E-state index contributed by atoms with van der Waals surface area (Å²) >= 11 is 0. The molecule has 0 saturated carbocycles. The van der Waals surface area contributed by atoms with Crippen molar-refractivity contribution in [2.75, 3.05) is 7.11 Å². The average Bonchev–Trinajstić information content (AvgIpc) is 2.81. The minimum atomic E-state index is 0. The topological polar surface area (TPSA) is 26.5 Å². The minimum Gasteiger partial charge on any atom is -0.497 e. The van der Waals surface area contributed by atoms with Crippen molar-refractivity contribution in [3.8, 4) is 17.0 Å². The molecule has 0 radical (unpaired) electrons. The summed E-state index contributed by atoms with van der Waals surface area (Å²) in [6.45, 7) is 2.07. The molecule has 0 unspecified atom stereocenters. The van der Waals surface area contributed by atoms with Crippen LogP contribution in [-0.2, 0) is 0 Å². The van der Waals surface area contributed by atoms with Crippen LogP contribution in [-0.4, -0.2) is 16.5 Å². The first-order chi connectivity index (χ1) is 8.76. The average molecular weight is 366 g/mol. The summed E-state index contributed by atoms with van der Waals surface area (Å²) in [6, 6.07) is 12.1. The summed E-state index contributed by atoms with van der Waals surface area (Å²) in [5.41, 5.74) is 4.26. The lowest BCUT2D eigenvalue weighted by Gasteiger charge is -1.99. The minimum absolute atomic E-state index is 0. The number of methoxy groups -OCH3 is 1. The molecule has 0 spiro atoms. The number of pyridine rings is 1.